The normalized spacial score (nSPS) is 29.3. The van der Waals surface area contributed by atoms with Crippen LogP contribution < -0.4 is 0 Å². The highest BCUT2D eigenvalue weighted by atomic mass is 32.2. The summed E-state index contributed by atoms with van der Waals surface area (Å²) in [5.41, 5.74) is -0.635. The zero-order chi connectivity index (χ0) is 16.8. The van der Waals surface area contributed by atoms with Crippen LogP contribution in [0.3, 0.4) is 0 Å². The van der Waals surface area contributed by atoms with Gasteiger partial charge >= 0.3 is 12.1 Å². The Morgan fingerprint density at radius 3 is 2.52 bits per heavy atom. The largest absolute Gasteiger partial charge is 0.461 e. The number of hydrogen-bond acceptors (Lipinski definition) is 4. The topological polar surface area (TPSA) is 60.4 Å². The molecule has 0 N–H and O–H groups in total. The molecule has 8 heteroatoms. The second-order valence-electron chi connectivity index (χ2n) is 6.00. The SMILES string of the molecule is O=C(O[C@@H]1CCS(=O)(=O)C1)[C@H]1C[C@@H]1c1ccccc1C(F)(F)F. The van der Waals surface area contributed by atoms with E-state index in [0.29, 0.717) is 6.42 Å². The average molecular weight is 348 g/mol. The highest BCUT2D eigenvalue weighted by Crippen LogP contribution is 2.51. The third-order valence-electron chi connectivity index (χ3n) is 4.23. The highest BCUT2D eigenvalue weighted by Gasteiger charge is 2.49. The monoisotopic (exact) mass is 348 g/mol. The van der Waals surface area contributed by atoms with E-state index >= 15 is 0 Å². The van der Waals surface area contributed by atoms with Crippen LogP contribution in [0.1, 0.15) is 29.9 Å². The van der Waals surface area contributed by atoms with Gasteiger partial charge in [-0.05, 0) is 30.4 Å². The van der Waals surface area contributed by atoms with Crippen LogP contribution >= 0.6 is 0 Å². The van der Waals surface area contributed by atoms with Crippen molar-refractivity contribution in [3.8, 4) is 0 Å². The third kappa shape index (κ3) is 3.52. The lowest BCUT2D eigenvalue weighted by atomic mass is 10.0. The second-order valence-corrected chi connectivity index (χ2v) is 8.22. The molecule has 4 nitrogen and oxygen atoms in total. The van der Waals surface area contributed by atoms with E-state index in [1.807, 2.05) is 0 Å². The minimum absolute atomic E-state index is 0.0179. The van der Waals surface area contributed by atoms with Gasteiger partial charge in [-0.25, -0.2) is 8.42 Å². The van der Waals surface area contributed by atoms with Crippen molar-refractivity contribution in [3.63, 3.8) is 0 Å². The van der Waals surface area contributed by atoms with Gasteiger partial charge < -0.3 is 4.74 Å². The minimum Gasteiger partial charge on any atom is -0.461 e. The van der Waals surface area contributed by atoms with Crippen LogP contribution in [-0.2, 0) is 25.5 Å². The first-order valence-corrected chi connectivity index (χ1v) is 9.06. The van der Waals surface area contributed by atoms with Gasteiger partial charge in [0.05, 0.1) is 23.0 Å². The van der Waals surface area contributed by atoms with Crippen molar-refractivity contribution in [1.82, 2.24) is 0 Å². The Labute approximate surface area is 131 Å². The first-order valence-electron chi connectivity index (χ1n) is 7.24. The van der Waals surface area contributed by atoms with Gasteiger partial charge in [-0.3, -0.25) is 4.79 Å². The number of ether oxygens (including phenoxy) is 1. The van der Waals surface area contributed by atoms with E-state index in [4.69, 9.17) is 4.74 Å². The van der Waals surface area contributed by atoms with Gasteiger partial charge in [-0.2, -0.15) is 13.2 Å². The van der Waals surface area contributed by atoms with Crippen molar-refractivity contribution in [2.75, 3.05) is 11.5 Å². The third-order valence-corrected chi connectivity index (χ3v) is 5.97. The van der Waals surface area contributed by atoms with E-state index in [1.54, 1.807) is 0 Å². The molecule has 23 heavy (non-hydrogen) atoms. The number of carbonyl (C=O) groups excluding carboxylic acids is 1. The van der Waals surface area contributed by atoms with Gasteiger partial charge in [0.1, 0.15) is 6.10 Å². The smallest absolute Gasteiger partial charge is 0.416 e. The predicted octanol–water partition coefficient (Wildman–Crippen LogP) is 2.54. The predicted molar refractivity (Wildman–Crippen MR) is 75.4 cm³/mol. The Bertz CT molecular complexity index is 726. The standard InChI is InChI=1S/C15H15F3O4S/c16-15(17,18)13-4-2-1-3-10(13)11-7-12(11)14(19)22-9-5-6-23(20,21)8-9/h1-4,9,11-12H,5-8H2/t9-,11-,12+/m1/s1. The molecule has 1 aromatic rings. The first kappa shape index (κ1) is 16.3. The molecule has 0 radical (unpaired) electrons. The van der Waals surface area contributed by atoms with Crippen LogP contribution in [0, 0.1) is 5.92 Å². The summed E-state index contributed by atoms with van der Waals surface area (Å²) in [4.78, 5) is 12.0. The molecule has 1 saturated heterocycles. The van der Waals surface area contributed by atoms with E-state index in [1.165, 1.54) is 18.2 Å². The van der Waals surface area contributed by atoms with E-state index in [-0.39, 0.29) is 23.5 Å². The van der Waals surface area contributed by atoms with E-state index in [9.17, 15) is 26.4 Å². The molecule has 1 aliphatic carbocycles. The Hall–Kier alpha value is -1.57. The molecular formula is C15H15F3O4S. The van der Waals surface area contributed by atoms with Crippen LogP contribution in [0.15, 0.2) is 24.3 Å². The van der Waals surface area contributed by atoms with Crippen LogP contribution in [0.5, 0.6) is 0 Å². The van der Waals surface area contributed by atoms with Crippen molar-refractivity contribution >= 4 is 15.8 Å². The average Bonchev–Trinajstić information content (AvgIpc) is 3.17. The summed E-state index contributed by atoms with van der Waals surface area (Å²) in [5, 5.41) is 0. The zero-order valence-electron chi connectivity index (χ0n) is 12.0. The molecule has 3 rings (SSSR count). The molecule has 0 aromatic heterocycles. The second kappa shape index (κ2) is 5.51. The summed E-state index contributed by atoms with van der Waals surface area (Å²) in [6, 6.07) is 5.20. The first-order chi connectivity index (χ1) is 10.7. The van der Waals surface area contributed by atoms with Crippen LogP contribution in [0.4, 0.5) is 13.2 Å². The fourth-order valence-electron chi connectivity index (χ4n) is 2.98. The fraction of sp³-hybridized carbons (Fsp3) is 0.533. The summed E-state index contributed by atoms with van der Waals surface area (Å²) in [7, 11) is -3.16. The molecule has 0 amide bonds. The molecule has 2 aliphatic rings. The summed E-state index contributed by atoms with van der Waals surface area (Å²) < 4.78 is 66.8. The van der Waals surface area contributed by atoms with Crippen LogP contribution in [-0.4, -0.2) is 32.0 Å². The summed E-state index contributed by atoms with van der Waals surface area (Å²) >= 11 is 0. The molecule has 1 heterocycles. The lowest BCUT2D eigenvalue weighted by Gasteiger charge is -2.13. The summed E-state index contributed by atoms with van der Waals surface area (Å²) in [6.07, 6.45) is -4.59. The van der Waals surface area contributed by atoms with Crippen LogP contribution in [0.25, 0.3) is 0 Å². The molecule has 1 aliphatic heterocycles. The highest BCUT2D eigenvalue weighted by molar-refractivity contribution is 7.91. The number of halogens is 3. The molecule has 3 atom stereocenters. The van der Waals surface area contributed by atoms with E-state index in [2.05, 4.69) is 0 Å². The number of esters is 1. The van der Waals surface area contributed by atoms with Crippen molar-refractivity contribution in [2.24, 2.45) is 5.92 Å². The lowest BCUT2D eigenvalue weighted by Crippen LogP contribution is -2.21. The Morgan fingerprint density at radius 2 is 1.91 bits per heavy atom. The van der Waals surface area contributed by atoms with E-state index in [0.717, 1.165) is 6.07 Å². The molecule has 2 fully saturated rings. The van der Waals surface area contributed by atoms with Crippen molar-refractivity contribution in [3.05, 3.63) is 35.4 Å². The van der Waals surface area contributed by atoms with Crippen molar-refractivity contribution in [2.45, 2.75) is 31.0 Å². The molecule has 1 saturated carbocycles. The molecular weight excluding hydrogens is 333 g/mol. The van der Waals surface area contributed by atoms with Gasteiger partial charge in [0.15, 0.2) is 9.84 Å². The maximum atomic E-state index is 13.0. The number of sulfone groups is 1. The van der Waals surface area contributed by atoms with Gasteiger partial charge in [0.2, 0.25) is 0 Å². The molecule has 126 valence electrons. The van der Waals surface area contributed by atoms with Crippen molar-refractivity contribution < 1.29 is 31.1 Å². The van der Waals surface area contributed by atoms with Gasteiger partial charge in [-0.15, -0.1) is 0 Å². The Morgan fingerprint density at radius 1 is 1.22 bits per heavy atom. The maximum absolute atomic E-state index is 13.0. The molecule has 0 bridgehead atoms. The maximum Gasteiger partial charge on any atom is 0.416 e. The zero-order valence-corrected chi connectivity index (χ0v) is 12.9. The number of benzene rings is 1. The van der Waals surface area contributed by atoms with Gasteiger partial charge in [0.25, 0.3) is 0 Å². The molecule has 0 spiro atoms. The quantitative estimate of drug-likeness (QED) is 0.788. The number of hydrogen-bond donors (Lipinski definition) is 0. The molecule has 1 aromatic carbocycles. The number of rotatable bonds is 3. The van der Waals surface area contributed by atoms with Gasteiger partial charge in [0, 0.05) is 0 Å². The Kier molecular flexibility index (Phi) is 3.90. The number of carbonyl (C=O) groups is 1. The fourth-order valence-corrected chi connectivity index (χ4v) is 4.57. The van der Waals surface area contributed by atoms with Gasteiger partial charge in [-0.1, -0.05) is 18.2 Å². The number of alkyl halides is 3. The van der Waals surface area contributed by atoms with E-state index < -0.39 is 45.5 Å². The lowest BCUT2D eigenvalue weighted by molar-refractivity contribution is -0.149. The Balaban J connectivity index is 1.67. The summed E-state index contributed by atoms with van der Waals surface area (Å²) in [6.45, 7) is 0. The van der Waals surface area contributed by atoms with Crippen molar-refractivity contribution in [1.29, 1.82) is 0 Å². The molecule has 0 unspecified atom stereocenters. The summed E-state index contributed by atoms with van der Waals surface area (Å²) in [5.74, 6) is -1.96. The van der Waals surface area contributed by atoms with Crippen LogP contribution in [0.2, 0.25) is 0 Å². The minimum atomic E-state index is -4.47.